The maximum absolute atomic E-state index is 12.4. The van der Waals surface area contributed by atoms with Gasteiger partial charge in [0.2, 0.25) is 0 Å². The van der Waals surface area contributed by atoms with Gasteiger partial charge < -0.3 is 0 Å². The van der Waals surface area contributed by atoms with E-state index >= 15 is 0 Å². The van der Waals surface area contributed by atoms with Gasteiger partial charge in [0.1, 0.15) is 0 Å². The van der Waals surface area contributed by atoms with Gasteiger partial charge in [-0.15, -0.1) is 0 Å². The van der Waals surface area contributed by atoms with Crippen LogP contribution in [0.1, 0.15) is 30.9 Å². The van der Waals surface area contributed by atoms with Crippen molar-refractivity contribution in [2.75, 3.05) is 4.72 Å². The molecule has 0 unspecified atom stereocenters. The van der Waals surface area contributed by atoms with Crippen molar-refractivity contribution in [3.8, 4) is 0 Å². The third-order valence-corrected chi connectivity index (χ3v) is 5.51. The Morgan fingerprint density at radius 1 is 1.05 bits per heavy atom. The van der Waals surface area contributed by atoms with E-state index < -0.39 is 10.0 Å². The van der Waals surface area contributed by atoms with E-state index in [-0.39, 0.29) is 4.90 Å². The number of benzene rings is 2. The summed E-state index contributed by atoms with van der Waals surface area (Å²) in [5.41, 5.74) is 2.84. The number of halogens is 1. The summed E-state index contributed by atoms with van der Waals surface area (Å²) in [5, 5.41) is 0. The molecule has 0 fully saturated rings. The second-order valence-electron chi connectivity index (χ2n) is 5.31. The van der Waals surface area contributed by atoms with Crippen LogP contribution in [0, 0.1) is 10.5 Å². The summed E-state index contributed by atoms with van der Waals surface area (Å²) >= 11 is 2.16. The quantitative estimate of drug-likeness (QED) is 0.747. The molecule has 5 heteroatoms. The highest BCUT2D eigenvalue weighted by Gasteiger charge is 2.15. The van der Waals surface area contributed by atoms with E-state index in [1.54, 1.807) is 24.3 Å². The van der Waals surface area contributed by atoms with Gasteiger partial charge >= 0.3 is 0 Å². The third kappa shape index (κ3) is 3.97. The van der Waals surface area contributed by atoms with Gasteiger partial charge in [0.15, 0.2) is 0 Å². The third-order valence-electron chi connectivity index (χ3n) is 3.24. The maximum Gasteiger partial charge on any atom is 0.261 e. The lowest BCUT2D eigenvalue weighted by atomic mass is 10.0. The number of hydrogen-bond donors (Lipinski definition) is 1. The minimum atomic E-state index is -3.54. The largest absolute Gasteiger partial charge is 0.279 e. The zero-order valence-electron chi connectivity index (χ0n) is 12.2. The zero-order chi connectivity index (χ0) is 15.6. The minimum Gasteiger partial charge on any atom is -0.279 e. The summed E-state index contributed by atoms with van der Waals surface area (Å²) in [5.74, 6) is 0.418. The number of rotatable bonds is 4. The van der Waals surface area contributed by atoms with Gasteiger partial charge in [0, 0.05) is 3.57 Å². The summed E-state index contributed by atoms with van der Waals surface area (Å²) in [6, 6.07) is 12.6. The number of hydrogen-bond acceptors (Lipinski definition) is 2. The molecule has 0 saturated heterocycles. The number of anilines is 1. The lowest BCUT2D eigenvalue weighted by molar-refractivity contribution is 0.601. The molecule has 2 rings (SSSR count). The molecule has 0 saturated carbocycles. The highest BCUT2D eigenvalue weighted by atomic mass is 127. The van der Waals surface area contributed by atoms with Crippen LogP contribution in [0.2, 0.25) is 0 Å². The molecule has 0 bridgehead atoms. The van der Waals surface area contributed by atoms with Crippen molar-refractivity contribution in [3.63, 3.8) is 0 Å². The summed E-state index contributed by atoms with van der Waals surface area (Å²) in [7, 11) is -3.54. The molecule has 21 heavy (non-hydrogen) atoms. The lowest BCUT2D eigenvalue weighted by Crippen LogP contribution is -2.14. The van der Waals surface area contributed by atoms with Crippen molar-refractivity contribution in [1.29, 1.82) is 0 Å². The predicted octanol–water partition coefficient (Wildman–Crippen LogP) is 4.52. The van der Waals surface area contributed by atoms with Gasteiger partial charge in [-0.05, 0) is 65.3 Å². The average molecular weight is 415 g/mol. The molecule has 1 N–H and O–H groups in total. The van der Waals surface area contributed by atoms with Crippen LogP contribution in [0.15, 0.2) is 47.4 Å². The van der Waals surface area contributed by atoms with Crippen LogP contribution < -0.4 is 4.72 Å². The van der Waals surface area contributed by atoms with Crippen LogP contribution in [-0.2, 0) is 10.0 Å². The lowest BCUT2D eigenvalue weighted by Gasteiger charge is -2.12. The Balaban J connectivity index is 2.30. The summed E-state index contributed by atoms with van der Waals surface area (Å²) < 4.78 is 28.3. The fourth-order valence-corrected chi connectivity index (χ4v) is 3.83. The van der Waals surface area contributed by atoms with Crippen LogP contribution in [0.25, 0.3) is 0 Å². The predicted molar refractivity (Wildman–Crippen MR) is 95.2 cm³/mol. The van der Waals surface area contributed by atoms with E-state index in [2.05, 4.69) is 41.2 Å². The Bertz CT molecular complexity index is 737. The smallest absolute Gasteiger partial charge is 0.261 e. The number of aryl methyl sites for hydroxylation is 1. The monoisotopic (exact) mass is 415 g/mol. The second kappa shape index (κ2) is 6.36. The maximum atomic E-state index is 12.4. The van der Waals surface area contributed by atoms with E-state index in [9.17, 15) is 8.42 Å². The first-order valence-corrected chi connectivity index (χ1v) is 9.25. The second-order valence-corrected chi connectivity index (χ2v) is 8.16. The summed E-state index contributed by atoms with van der Waals surface area (Å²) in [6.45, 7) is 6.15. The zero-order valence-corrected chi connectivity index (χ0v) is 15.2. The van der Waals surface area contributed by atoms with Gasteiger partial charge in [-0.3, -0.25) is 4.72 Å². The molecule has 2 aromatic rings. The molecule has 0 amide bonds. The van der Waals surface area contributed by atoms with Crippen molar-refractivity contribution in [2.45, 2.75) is 31.6 Å². The van der Waals surface area contributed by atoms with Crippen LogP contribution in [0.3, 0.4) is 0 Å². The average Bonchev–Trinajstić information content (AvgIpc) is 2.41. The van der Waals surface area contributed by atoms with Crippen molar-refractivity contribution in [1.82, 2.24) is 0 Å². The summed E-state index contributed by atoms with van der Waals surface area (Å²) in [6.07, 6.45) is 0. The first-order valence-electron chi connectivity index (χ1n) is 6.68. The molecule has 2 aromatic carbocycles. The van der Waals surface area contributed by atoms with E-state index in [1.165, 1.54) is 5.56 Å². The van der Waals surface area contributed by atoms with E-state index in [0.29, 0.717) is 11.6 Å². The molecular formula is C16H18INO2S. The molecule has 0 radical (unpaired) electrons. The highest BCUT2D eigenvalue weighted by molar-refractivity contribution is 14.1. The molecule has 0 aliphatic heterocycles. The Hall–Kier alpha value is -1.08. The van der Waals surface area contributed by atoms with Gasteiger partial charge in [-0.2, -0.15) is 0 Å². The minimum absolute atomic E-state index is 0.275. The molecule has 0 aromatic heterocycles. The van der Waals surface area contributed by atoms with Crippen LogP contribution in [0.4, 0.5) is 5.69 Å². The Morgan fingerprint density at radius 2 is 1.67 bits per heavy atom. The van der Waals surface area contributed by atoms with Crippen LogP contribution in [-0.4, -0.2) is 8.42 Å². The molecule has 0 heterocycles. The molecule has 0 aliphatic rings. The van der Waals surface area contributed by atoms with E-state index in [4.69, 9.17) is 0 Å². The molecular weight excluding hydrogens is 397 g/mol. The van der Waals surface area contributed by atoms with Crippen molar-refractivity contribution < 1.29 is 8.42 Å². The van der Waals surface area contributed by atoms with Gasteiger partial charge in [0.25, 0.3) is 10.0 Å². The van der Waals surface area contributed by atoms with Crippen molar-refractivity contribution in [3.05, 3.63) is 57.2 Å². The Morgan fingerprint density at radius 3 is 2.19 bits per heavy atom. The number of sulfonamides is 1. The van der Waals surface area contributed by atoms with E-state index in [1.807, 2.05) is 25.1 Å². The van der Waals surface area contributed by atoms with Crippen molar-refractivity contribution >= 4 is 38.3 Å². The molecule has 0 spiro atoms. The topological polar surface area (TPSA) is 46.2 Å². The van der Waals surface area contributed by atoms with Gasteiger partial charge in [-0.25, -0.2) is 8.42 Å². The highest BCUT2D eigenvalue weighted by Crippen LogP contribution is 2.26. The SMILES string of the molecule is Cc1ccc(S(=O)(=O)Nc2ccc(C(C)C)cc2I)cc1. The molecule has 112 valence electrons. The first-order chi connectivity index (χ1) is 9.79. The molecule has 0 aliphatic carbocycles. The standard InChI is InChI=1S/C16H18INO2S/c1-11(2)13-6-9-16(15(17)10-13)18-21(19,20)14-7-4-12(3)5-8-14/h4-11,18H,1-3H3. The van der Waals surface area contributed by atoms with Crippen LogP contribution in [0.5, 0.6) is 0 Å². The fraction of sp³-hybridized carbons (Fsp3) is 0.250. The molecule has 3 nitrogen and oxygen atoms in total. The van der Waals surface area contributed by atoms with E-state index in [0.717, 1.165) is 9.13 Å². The van der Waals surface area contributed by atoms with Gasteiger partial charge in [0.05, 0.1) is 10.6 Å². The summed E-state index contributed by atoms with van der Waals surface area (Å²) in [4.78, 5) is 0.275. The number of nitrogens with one attached hydrogen (secondary N) is 1. The van der Waals surface area contributed by atoms with Gasteiger partial charge in [-0.1, -0.05) is 37.6 Å². The normalized spacial score (nSPS) is 11.7. The first kappa shape index (κ1) is 16.3. The Kier molecular flexibility index (Phi) is 4.93. The molecule has 0 atom stereocenters. The van der Waals surface area contributed by atoms with Crippen LogP contribution >= 0.6 is 22.6 Å². The fourth-order valence-electron chi connectivity index (χ4n) is 1.89. The Labute approximate surface area is 140 Å². The van der Waals surface area contributed by atoms with Crippen molar-refractivity contribution in [2.24, 2.45) is 0 Å².